The molecule has 2 aliphatic rings. The van der Waals surface area contributed by atoms with Crippen molar-refractivity contribution in [1.82, 2.24) is 10.2 Å². The third kappa shape index (κ3) is 2.19. The lowest BCUT2D eigenvalue weighted by Crippen LogP contribution is -2.52. The molecule has 3 rings (SSSR count). The number of carbonyl (C=O) groups is 1. The Morgan fingerprint density at radius 2 is 2.06 bits per heavy atom. The summed E-state index contributed by atoms with van der Waals surface area (Å²) < 4.78 is 5.18. The number of carbonyl (C=O) groups excluding carboxylic acids is 1. The van der Waals surface area contributed by atoms with Gasteiger partial charge in [0.05, 0.1) is 0 Å². The van der Waals surface area contributed by atoms with E-state index in [0.29, 0.717) is 17.6 Å². The van der Waals surface area contributed by atoms with Crippen LogP contribution in [0.15, 0.2) is 16.5 Å². The van der Waals surface area contributed by atoms with Gasteiger partial charge in [0.25, 0.3) is 5.91 Å². The van der Waals surface area contributed by atoms with Gasteiger partial charge in [0.2, 0.25) is 0 Å². The van der Waals surface area contributed by atoms with Crippen LogP contribution in [0.3, 0.4) is 0 Å². The van der Waals surface area contributed by atoms with Crippen molar-refractivity contribution in [3.8, 4) is 0 Å². The number of fused-ring (bicyclic) bond motifs is 2. The van der Waals surface area contributed by atoms with Gasteiger partial charge in [-0.1, -0.05) is 0 Å². The molecule has 4 nitrogen and oxygen atoms in total. The Morgan fingerprint density at radius 1 is 1.35 bits per heavy atom. The fourth-order valence-corrected chi connectivity index (χ4v) is 3.00. The highest BCUT2D eigenvalue weighted by molar-refractivity contribution is 6.29. The quantitative estimate of drug-likeness (QED) is 0.828. The molecule has 0 unspecified atom stereocenters. The summed E-state index contributed by atoms with van der Waals surface area (Å²) in [5.41, 5.74) is 0. The summed E-state index contributed by atoms with van der Waals surface area (Å²) in [7, 11) is 0. The first-order valence-corrected chi connectivity index (χ1v) is 6.35. The van der Waals surface area contributed by atoms with Crippen LogP contribution in [-0.4, -0.2) is 37.0 Å². The minimum Gasteiger partial charge on any atom is -0.440 e. The predicted octanol–water partition coefficient (Wildman–Crippen LogP) is 1.61. The normalized spacial score (nSPS) is 28.2. The number of piperidine rings is 2. The number of likely N-dealkylation sites (tertiary alicyclic amines) is 1. The van der Waals surface area contributed by atoms with Gasteiger partial charge in [-0.3, -0.25) is 4.79 Å². The molecular formula is C12H15ClN2O2. The maximum atomic E-state index is 12.2. The molecule has 5 heteroatoms. The van der Waals surface area contributed by atoms with Crippen molar-refractivity contribution in [2.75, 3.05) is 26.2 Å². The predicted molar refractivity (Wildman–Crippen MR) is 64.1 cm³/mol. The smallest absolute Gasteiger partial charge is 0.289 e. The number of rotatable bonds is 1. The van der Waals surface area contributed by atoms with E-state index in [-0.39, 0.29) is 11.1 Å². The van der Waals surface area contributed by atoms with Crippen molar-refractivity contribution < 1.29 is 9.21 Å². The van der Waals surface area contributed by atoms with Crippen LogP contribution in [0.1, 0.15) is 17.0 Å². The Balaban J connectivity index is 1.74. The molecule has 2 aliphatic heterocycles. The van der Waals surface area contributed by atoms with Gasteiger partial charge < -0.3 is 14.6 Å². The first kappa shape index (κ1) is 11.1. The lowest BCUT2D eigenvalue weighted by atomic mass is 9.86. The highest BCUT2D eigenvalue weighted by Gasteiger charge is 2.33. The van der Waals surface area contributed by atoms with Gasteiger partial charge in [-0.15, -0.1) is 0 Å². The summed E-state index contributed by atoms with van der Waals surface area (Å²) in [5.74, 6) is 1.48. The minimum absolute atomic E-state index is 0.0338. The van der Waals surface area contributed by atoms with Crippen molar-refractivity contribution >= 4 is 17.5 Å². The summed E-state index contributed by atoms with van der Waals surface area (Å²) in [5, 5.41) is 3.68. The molecular weight excluding hydrogens is 240 g/mol. The highest BCUT2D eigenvalue weighted by atomic mass is 35.5. The molecule has 2 saturated heterocycles. The number of halogens is 1. The van der Waals surface area contributed by atoms with Gasteiger partial charge in [-0.05, 0) is 55.1 Å². The number of nitrogens with one attached hydrogen (secondary N) is 1. The van der Waals surface area contributed by atoms with Crippen LogP contribution in [0.25, 0.3) is 0 Å². The van der Waals surface area contributed by atoms with Crippen molar-refractivity contribution in [2.24, 2.45) is 11.8 Å². The van der Waals surface area contributed by atoms with Gasteiger partial charge in [0.1, 0.15) is 0 Å². The molecule has 3 heterocycles. The van der Waals surface area contributed by atoms with Gasteiger partial charge >= 0.3 is 0 Å². The molecule has 1 N–H and O–H groups in total. The Labute approximate surface area is 105 Å². The lowest BCUT2D eigenvalue weighted by Gasteiger charge is -2.41. The van der Waals surface area contributed by atoms with Crippen LogP contribution in [0, 0.1) is 11.8 Å². The summed E-state index contributed by atoms with van der Waals surface area (Å²) in [6, 6.07) is 3.26. The van der Waals surface area contributed by atoms with E-state index in [0.717, 1.165) is 26.2 Å². The molecule has 0 aliphatic carbocycles. The standard InChI is InChI=1S/C12H15ClN2O2/c13-11-2-1-10(17-11)12(16)15-6-8-3-9(7-15)5-14-4-8/h1-2,8-9,14H,3-7H2/t8-,9+. The third-order valence-electron chi connectivity index (χ3n) is 3.56. The molecule has 2 atom stereocenters. The number of amides is 1. The summed E-state index contributed by atoms with van der Waals surface area (Å²) in [4.78, 5) is 14.1. The van der Waals surface area contributed by atoms with E-state index in [1.807, 2.05) is 4.90 Å². The van der Waals surface area contributed by atoms with Crippen LogP contribution in [-0.2, 0) is 0 Å². The van der Waals surface area contributed by atoms with Crippen molar-refractivity contribution in [2.45, 2.75) is 6.42 Å². The Kier molecular flexibility index (Phi) is 2.84. The molecule has 2 bridgehead atoms. The molecule has 0 aromatic carbocycles. The van der Waals surface area contributed by atoms with Crippen LogP contribution >= 0.6 is 11.6 Å². The first-order valence-electron chi connectivity index (χ1n) is 5.97. The zero-order chi connectivity index (χ0) is 11.8. The SMILES string of the molecule is O=C(c1ccc(Cl)o1)N1C[C@@H]2CNC[C@@H](C2)C1. The van der Waals surface area contributed by atoms with Crippen LogP contribution < -0.4 is 5.32 Å². The molecule has 0 saturated carbocycles. The maximum absolute atomic E-state index is 12.2. The Hall–Kier alpha value is -1.00. The largest absolute Gasteiger partial charge is 0.440 e. The molecule has 92 valence electrons. The maximum Gasteiger partial charge on any atom is 0.289 e. The Morgan fingerprint density at radius 3 is 2.65 bits per heavy atom. The van der Waals surface area contributed by atoms with Crippen LogP contribution in [0.2, 0.25) is 5.22 Å². The summed E-state index contributed by atoms with van der Waals surface area (Å²) in [6.45, 7) is 3.67. The topological polar surface area (TPSA) is 45.5 Å². The number of hydrogen-bond acceptors (Lipinski definition) is 3. The summed E-state index contributed by atoms with van der Waals surface area (Å²) >= 11 is 5.69. The monoisotopic (exact) mass is 254 g/mol. The minimum atomic E-state index is -0.0338. The van der Waals surface area contributed by atoms with Crippen LogP contribution in [0.4, 0.5) is 0 Å². The van der Waals surface area contributed by atoms with E-state index in [9.17, 15) is 4.79 Å². The van der Waals surface area contributed by atoms with E-state index in [4.69, 9.17) is 16.0 Å². The van der Waals surface area contributed by atoms with Crippen molar-refractivity contribution in [3.05, 3.63) is 23.1 Å². The lowest BCUT2D eigenvalue weighted by molar-refractivity contribution is 0.0508. The van der Waals surface area contributed by atoms with E-state index in [1.165, 1.54) is 6.42 Å². The number of hydrogen-bond donors (Lipinski definition) is 1. The fourth-order valence-electron chi connectivity index (χ4n) is 2.86. The van der Waals surface area contributed by atoms with Gasteiger partial charge in [0, 0.05) is 13.1 Å². The van der Waals surface area contributed by atoms with Gasteiger partial charge in [0.15, 0.2) is 11.0 Å². The fraction of sp³-hybridized carbons (Fsp3) is 0.583. The highest BCUT2D eigenvalue weighted by Crippen LogP contribution is 2.26. The zero-order valence-corrected chi connectivity index (χ0v) is 10.2. The average molecular weight is 255 g/mol. The summed E-state index contributed by atoms with van der Waals surface area (Å²) in [6.07, 6.45) is 1.23. The molecule has 1 aromatic rings. The van der Waals surface area contributed by atoms with Crippen molar-refractivity contribution in [1.29, 1.82) is 0 Å². The van der Waals surface area contributed by atoms with E-state index >= 15 is 0 Å². The second-order valence-corrected chi connectivity index (χ2v) is 5.31. The first-order chi connectivity index (χ1) is 8.22. The molecule has 0 radical (unpaired) electrons. The van der Waals surface area contributed by atoms with Gasteiger partial charge in [-0.2, -0.15) is 0 Å². The second kappa shape index (κ2) is 4.35. The van der Waals surface area contributed by atoms with Crippen LogP contribution in [0.5, 0.6) is 0 Å². The average Bonchev–Trinajstić information content (AvgIpc) is 2.74. The molecule has 0 spiro atoms. The molecule has 1 aromatic heterocycles. The molecule has 17 heavy (non-hydrogen) atoms. The van der Waals surface area contributed by atoms with E-state index in [1.54, 1.807) is 12.1 Å². The van der Waals surface area contributed by atoms with Gasteiger partial charge in [-0.25, -0.2) is 0 Å². The molecule has 1 amide bonds. The van der Waals surface area contributed by atoms with E-state index < -0.39 is 0 Å². The Bertz CT molecular complexity index is 420. The molecule has 2 fully saturated rings. The van der Waals surface area contributed by atoms with E-state index in [2.05, 4.69) is 5.32 Å². The van der Waals surface area contributed by atoms with Crippen molar-refractivity contribution in [3.63, 3.8) is 0 Å². The second-order valence-electron chi connectivity index (χ2n) is 4.94. The number of nitrogens with zero attached hydrogens (tertiary/aromatic N) is 1. The third-order valence-corrected chi connectivity index (χ3v) is 3.76. The number of furan rings is 1. The zero-order valence-electron chi connectivity index (χ0n) is 9.49.